The Balaban J connectivity index is 1.93. The van der Waals surface area contributed by atoms with Crippen molar-refractivity contribution in [3.63, 3.8) is 0 Å². The van der Waals surface area contributed by atoms with Crippen LogP contribution in [0, 0.1) is 0 Å². The van der Waals surface area contributed by atoms with Crippen LogP contribution in [0.1, 0.15) is 0 Å². The molecule has 3 heteroatoms. The topological polar surface area (TPSA) is 14.2 Å². The number of nitrogens with zero attached hydrogens (tertiary/aromatic N) is 1. The van der Waals surface area contributed by atoms with Crippen molar-refractivity contribution in [2.45, 2.75) is 0 Å². The van der Waals surface area contributed by atoms with Crippen LogP contribution in [0.3, 0.4) is 0 Å². The fourth-order valence-corrected chi connectivity index (χ4v) is 4.25. The molecule has 5 aromatic rings. The molecule has 0 N–H and O–H groups in total. The summed E-state index contributed by atoms with van der Waals surface area (Å²) < 4.78 is 8.78. The Kier molecular flexibility index (Phi) is 4.18. The maximum absolute atomic E-state index is 5.35. The zero-order chi connectivity index (χ0) is 19.1. The van der Waals surface area contributed by atoms with Crippen LogP contribution in [-0.4, -0.2) is 11.7 Å². The minimum atomic E-state index is 0.857. The lowest BCUT2D eigenvalue weighted by Crippen LogP contribution is -1.95. The first-order chi connectivity index (χ1) is 13.8. The van der Waals surface area contributed by atoms with Crippen molar-refractivity contribution < 1.29 is 4.74 Å². The minimum Gasteiger partial charge on any atom is -0.497 e. The Morgan fingerprint density at radius 1 is 0.750 bits per heavy atom. The van der Waals surface area contributed by atoms with E-state index in [4.69, 9.17) is 4.74 Å². The average Bonchev–Trinajstić information content (AvgIpc) is 3.08. The van der Waals surface area contributed by atoms with Gasteiger partial charge in [0.2, 0.25) is 0 Å². The standard InChI is InChI=1S/C25H18BrNO/c1-28-20-13-11-19(12-14-20)27-24-15-10-18(26)16-23(24)22-9-5-8-21(25(22)27)17-6-3-2-4-7-17/h2-16H,1H3. The van der Waals surface area contributed by atoms with Crippen LogP contribution in [0.15, 0.2) is 95.5 Å². The summed E-state index contributed by atoms with van der Waals surface area (Å²) >= 11 is 3.64. The van der Waals surface area contributed by atoms with Crippen molar-refractivity contribution in [3.05, 3.63) is 95.5 Å². The number of fused-ring (bicyclic) bond motifs is 3. The quantitative estimate of drug-likeness (QED) is 0.296. The molecule has 0 aliphatic heterocycles. The molecule has 1 heterocycles. The molecule has 28 heavy (non-hydrogen) atoms. The van der Waals surface area contributed by atoms with Crippen molar-refractivity contribution >= 4 is 37.7 Å². The van der Waals surface area contributed by atoms with E-state index < -0.39 is 0 Å². The lowest BCUT2D eigenvalue weighted by atomic mass is 10.0. The van der Waals surface area contributed by atoms with E-state index in [9.17, 15) is 0 Å². The number of methoxy groups -OCH3 is 1. The molecule has 0 fully saturated rings. The van der Waals surface area contributed by atoms with Gasteiger partial charge in [0.1, 0.15) is 5.75 Å². The van der Waals surface area contributed by atoms with E-state index in [-0.39, 0.29) is 0 Å². The van der Waals surface area contributed by atoms with Crippen LogP contribution >= 0.6 is 15.9 Å². The molecule has 0 unspecified atom stereocenters. The van der Waals surface area contributed by atoms with Gasteiger partial charge in [-0.25, -0.2) is 0 Å². The van der Waals surface area contributed by atoms with Crippen LogP contribution in [0.5, 0.6) is 5.75 Å². The molecule has 0 bridgehead atoms. The second-order valence-corrected chi connectivity index (χ2v) is 7.68. The van der Waals surface area contributed by atoms with Gasteiger partial charge in [-0.05, 0) is 48.0 Å². The van der Waals surface area contributed by atoms with Crippen molar-refractivity contribution in [1.82, 2.24) is 4.57 Å². The summed E-state index contributed by atoms with van der Waals surface area (Å²) in [4.78, 5) is 0. The lowest BCUT2D eigenvalue weighted by Gasteiger charge is -2.12. The number of hydrogen-bond donors (Lipinski definition) is 0. The average molecular weight is 428 g/mol. The van der Waals surface area contributed by atoms with Gasteiger partial charge in [0, 0.05) is 26.5 Å². The van der Waals surface area contributed by atoms with E-state index in [2.05, 4.69) is 99.4 Å². The molecule has 0 saturated carbocycles. The predicted molar refractivity (Wildman–Crippen MR) is 120 cm³/mol. The molecule has 136 valence electrons. The molecule has 0 amide bonds. The third-order valence-electron chi connectivity index (χ3n) is 5.16. The number of para-hydroxylation sites is 1. The van der Waals surface area contributed by atoms with E-state index >= 15 is 0 Å². The van der Waals surface area contributed by atoms with Crippen molar-refractivity contribution in [1.29, 1.82) is 0 Å². The number of benzene rings is 4. The molecule has 0 atom stereocenters. The van der Waals surface area contributed by atoms with Crippen LogP contribution in [0.4, 0.5) is 0 Å². The van der Waals surface area contributed by atoms with Crippen LogP contribution < -0.4 is 4.74 Å². The monoisotopic (exact) mass is 427 g/mol. The Bertz CT molecular complexity index is 1290. The van der Waals surface area contributed by atoms with E-state index in [1.54, 1.807) is 7.11 Å². The summed E-state index contributed by atoms with van der Waals surface area (Å²) in [5, 5.41) is 2.48. The molecule has 0 aliphatic carbocycles. The highest BCUT2D eigenvalue weighted by molar-refractivity contribution is 9.10. The first kappa shape index (κ1) is 17.1. The Morgan fingerprint density at radius 3 is 2.29 bits per heavy atom. The highest BCUT2D eigenvalue weighted by Crippen LogP contribution is 2.39. The van der Waals surface area contributed by atoms with Crippen molar-refractivity contribution in [3.8, 4) is 22.6 Å². The van der Waals surface area contributed by atoms with Crippen LogP contribution in [-0.2, 0) is 0 Å². The Labute approximate surface area is 172 Å². The van der Waals surface area contributed by atoms with Gasteiger partial charge in [-0.1, -0.05) is 64.5 Å². The van der Waals surface area contributed by atoms with E-state index in [1.165, 1.54) is 32.9 Å². The van der Waals surface area contributed by atoms with Crippen molar-refractivity contribution in [2.24, 2.45) is 0 Å². The molecule has 2 nitrogen and oxygen atoms in total. The third-order valence-corrected chi connectivity index (χ3v) is 5.66. The van der Waals surface area contributed by atoms with Crippen molar-refractivity contribution in [2.75, 3.05) is 7.11 Å². The maximum atomic E-state index is 5.35. The molecule has 0 saturated heterocycles. The van der Waals surface area contributed by atoms with Crippen LogP contribution in [0.2, 0.25) is 0 Å². The van der Waals surface area contributed by atoms with Gasteiger partial charge in [-0.15, -0.1) is 0 Å². The van der Waals surface area contributed by atoms with Gasteiger partial charge in [0.15, 0.2) is 0 Å². The Hall–Kier alpha value is -3.04. The highest BCUT2D eigenvalue weighted by Gasteiger charge is 2.16. The second kappa shape index (κ2) is 6.84. The first-order valence-corrected chi connectivity index (χ1v) is 9.98. The molecule has 0 radical (unpaired) electrons. The van der Waals surface area contributed by atoms with Gasteiger partial charge in [-0.2, -0.15) is 0 Å². The number of rotatable bonds is 3. The number of halogens is 1. The molecule has 4 aromatic carbocycles. The largest absolute Gasteiger partial charge is 0.497 e. The smallest absolute Gasteiger partial charge is 0.119 e. The highest BCUT2D eigenvalue weighted by atomic mass is 79.9. The molecule has 1 aromatic heterocycles. The minimum absolute atomic E-state index is 0.857. The van der Waals surface area contributed by atoms with Gasteiger partial charge in [0.05, 0.1) is 18.1 Å². The van der Waals surface area contributed by atoms with Crippen LogP contribution in [0.25, 0.3) is 38.6 Å². The molecular formula is C25H18BrNO. The van der Waals surface area contributed by atoms with E-state index in [0.29, 0.717) is 0 Å². The number of ether oxygens (including phenoxy) is 1. The summed E-state index contributed by atoms with van der Waals surface area (Å²) in [5.41, 5.74) is 5.95. The fourth-order valence-electron chi connectivity index (χ4n) is 3.89. The summed E-state index contributed by atoms with van der Waals surface area (Å²) in [6, 6.07) is 31.8. The van der Waals surface area contributed by atoms with E-state index in [0.717, 1.165) is 15.9 Å². The zero-order valence-corrected chi connectivity index (χ0v) is 17.0. The third kappa shape index (κ3) is 2.71. The fraction of sp³-hybridized carbons (Fsp3) is 0.0400. The molecule has 0 spiro atoms. The van der Waals surface area contributed by atoms with Gasteiger partial charge in [-0.3, -0.25) is 0 Å². The van der Waals surface area contributed by atoms with Gasteiger partial charge in [0.25, 0.3) is 0 Å². The van der Waals surface area contributed by atoms with Gasteiger partial charge < -0.3 is 9.30 Å². The summed E-state index contributed by atoms with van der Waals surface area (Å²) in [6.07, 6.45) is 0. The number of hydrogen-bond acceptors (Lipinski definition) is 1. The molecule has 0 aliphatic rings. The number of aromatic nitrogens is 1. The summed E-state index contributed by atoms with van der Waals surface area (Å²) in [6.45, 7) is 0. The normalized spacial score (nSPS) is 11.2. The molecular weight excluding hydrogens is 410 g/mol. The predicted octanol–water partition coefficient (Wildman–Crippen LogP) is 7.22. The SMILES string of the molecule is COc1ccc(-n2c3ccc(Br)cc3c3cccc(-c4ccccc4)c32)cc1. The first-order valence-electron chi connectivity index (χ1n) is 9.19. The second-order valence-electron chi connectivity index (χ2n) is 6.76. The maximum Gasteiger partial charge on any atom is 0.119 e. The molecule has 5 rings (SSSR count). The zero-order valence-electron chi connectivity index (χ0n) is 15.4. The lowest BCUT2D eigenvalue weighted by molar-refractivity contribution is 0.415. The van der Waals surface area contributed by atoms with Gasteiger partial charge >= 0.3 is 0 Å². The Morgan fingerprint density at radius 2 is 1.54 bits per heavy atom. The summed E-state index contributed by atoms with van der Waals surface area (Å²) in [7, 11) is 1.69. The van der Waals surface area contributed by atoms with E-state index in [1.807, 2.05) is 12.1 Å². The summed E-state index contributed by atoms with van der Waals surface area (Å²) in [5.74, 6) is 0.857.